The van der Waals surface area contributed by atoms with E-state index < -0.39 is 0 Å². The van der Waals surface area contributed by atoms with Gasteiger partial charge in [-0.15, -0.1) is 11.3 Å². The molecule has 0 spiro atoms. The lowest BCUT2D eigenvalue weighted by Gasteiger charge is -2.27. The molecule has 0 atom stereocenters. The predicted octanol–water partition coefficient (Wildman–Crippen LogP) is 15.7. The van der Waals surface area contributed by atoms with Crippen LogP contribution in [0.25, 0.3) is 91.1 Å². The van der Waals surface area contributed by atoms with Crippen LogP contribution in [0.3, 0.4) is 0 Å². The fourth-order valence-electron chi connectivity index (χ4n) is 9.20. The highest BCUT2D eigenvalue weighted by molar-refractivity contribution is 7.25. The normalized spacial score (nSPS) is 11.9. The number of benzene rings is 10. The molecule has 0 radical (unpaired) electrons. The van der Waals surface area contributed by atoms with E-state index in [-0.39, 0.29) is 0 Å². The van der Waals surface area contributed by atoms with Gasteiger partial charge in [-0.25, -0.2) is 0 Å². The molecule has 0 saturated heterocycles. The molecule has 0 N–H and O–H groups in total. The fraction of sp³-hybridized carbons (Fsp3) is 0. The van der Waals surface area contributed by atoms with E-state index >= 15 is 0 Å². The first-order valence-corrected chi connectivity index (χ1v) is 20.3. The number of fused-ring (bicyclic) bond motifs is 11. The Morgan fingerprint density at radius 3 is 1.82 bits per heavy atom. The Hall–Kier alpha value is -7.20. The van der Waals surface area contributed by atoms with Crippen molar-refractivity contribution >= 4 is 103 Å². The van der Waals surface area contributed by atoms with E-state index in [2.05, 4.69) is 216 Å². The Bertz CT molecular complexity index is 3520. The lowest BCUT2D eigenvalue weighted by Crippen LogP contribution is -2.10. The van der Waals surface area contributed by atoms with Crippen molar-refractivity contribution in [2.75, 3.05) is 4.90 Å². The minimum atomic E-state index is 1.12. The molecule has 0 bridgehead atoms. The molecule has 0 aliphatic carbocycles. The SMILES string of the molecule is c1ccc(N(c2ccc3c(c2)sc2ccccc23)c2cc3ccccc3c3c2c2cc(-c4cc5ccccc5c5ccccc45)ccc2n3-c2ccccc2)cc1. The summed E-state index contributed by atoms with van der Waals surface area (Å²) in [4.78, 5) is 2.48. The molecular weight excluding hydrogens is 709 g/mol. The van der Waals surface area contributed by atoms with Crippen molar-refractivity contribution in [3.63, 3.8) is 0 Å². The summed E-state index contributed by atoms with van der Waals surface area (Å²) in [6.07, 6.45) is 0. The van der Waals surface area contributed by atoms with Crippen LogP contribution in [0.2, 0.25) is 0 Å². The second kappa shape index (κ2) is 12.7. The van der Waals surface area contributed by atoms with Crippen molar-refractivity contribution in [2.24, 2.45) is 0 Å². The van der Waals surface area contributed by atoms with Crippen LogP contribution in [0.4, 0.5) is 17.1 Å². The number of para-hydroxylation sites is 2. The van der Waals surface area contributed by atoms with Crippen LogP contribution >= 0.6 is 11.3 Å². The van der Waals surface area contributed by atoms with E-state index in [1.165, 1.54) is 85.4 Å². The summed E-state index contributed by atoms with van der Waals surface area (Å²) in [5.41, 5.74) is 9.36. The van der Waals surface area contributed by atoms with E-state index in [9.17, 15) is 0 Å². The molecule has 57 heavy (non-hydrogen) atoms. The van der Waals surface area contributed by atoms with Crippen LogP contribution in [0.5, 0.6) is 0 Å². The van der Waals surface area contributed by atoms with Gasteiger partial charge in [-0.05, 0) is 105 Å². The zero-order chi connectivity index (χ0) is 37.5. The Kier molecular flexibility index (Phi) is 7.13. The number of aromatic nitrogens is 1. The van der Waals surface area contributed by atoms with Crippen molar-refractivity contribution in [3.05, 3.63) is 206 Å². The Morgan fingerprint density at radius 1 is 0.386 bits per heavy atom. The lowest BCUT2D eigenvalue weighted by atomic mass is 9.92. The topological polar surface area (TPSA) is 8.17 Å². The summed E-state index contributed by atoms with van der Waals surface area (Å²) in [5, 5.41) is 12.5. The Balaban J connectivity index is 1.23. The number of hydrogen-bond acceptors (Lipinski definition) is 2. The number of thiophene rings is 1. The maximum absolute atomic E-state index is 2.48. The second-order valence-corrected chi connectivity index (χ2v) is 16.0. The molecule has 3 heteroatoms. The molecular formula is C54H34N2S. The third kappa shape index (κ3) is 4.96. The first-order valence-electron chi connectivity index (χ1n) is 19.5. The van der Waals surface area contributed by atoms with Crippen molar-refractivity contribution in [2.45, 2.75) is 0 Å². The van der Waals surface area contributed by atoms with Crippen molar-refractivity contribution in [1.29, 1.82) is 0 Å². The van der Waals surface area contributed by atoms with Gasteiger partial charge in [-0.3, -0.25) is 0 Å². The molecule has 0 amide bonds. The summed E-state index contributed by atoms with van der Waals surface area (Å²) < 4.78 is 5.07. The van der Waals surface area contributed by atoms with E-state index in [1.54, 1.807) is 0 Å². The van der Waals surface area contributed by atoms with E-state index in [0.29, 0.717) is 0 Å². The molecule has 12 aromatic rings. The summed E-state index contributed by atoms with van der Waals surface area (Å²) in [5.74, 6) is 0. The quantitative estimate of drug-likeness (QED) is 0.159. The summed E-state index contributed by atoms with van der Waals surface area (Å²) in [7, 11) is 0. The van der Waals surface area contributed by atoms with Crippen molar-refractivity contribution < 1.29 is 0 Å². The predicted molar refractivity (Wildman–Crippen MR) is 246 cm³/mol. The average molecular weight is 743 g/mol. The number of rotatable bonds is 5. The highest BCUT2D eigenvalue weighted by atomic mass is 32.1. The first-order chi connectivity index (χ1) is 28.3. The molecule has 0 fully saturated rings. The third-order valence-electron chi connectivity index (χ3n) is 11.7. The Morgan fingerprint density at radius 2 is 1.02 bits per heavy atom. The van der Waals surface area contributed by atoms with Gasteiger partial charge in [0, 0.05) is 53.4 Å². The smallest absolute Gasteiger partial charge is 0.0640 e. The highest BCUT2D eigenvalue weighted by Crippen LogP contribution is 2.49. The molecule has 2 aromatic heterocycles. The molecule has 0 unspecified atom stereocenters. The van der Waals surface area contributed by atoms with Gasteiger partial charge in [-0.2, -0.15) is 0 Å². The second-order valence-electron chi connectivity index (χ2n) is 14.9. The van der Waals surface area contributed by atoms with Crippen LogP contribution in [0.1, 0.15) is 0 Å². The summed E-state index contributed by atoms with van der Waals surface area (Å²) in [6, 6.07) is 75.9. The van der Waals surface area contributed by atoms with Crippen LogP contribution in [-0.4, -0.2) is 4.57 Å². The van der Waals surface area contributed by atoms with Gasteiger partial charge in [0.15, 0.2) is 0 Å². The maximum atomic E-state index is 2.48. The zero-order valence-electron chi connectivity index (χ0n) is 30.9. The first kappa shape index (κ1) is 32.1. The van der Waals surface area contributed by atoms with Gasteiger partial charge >= 0.3 is 0 Å². The minimum absolute atomic E-state index is 1.12. The fourth-order valence-corrected chi connectivity index (χ4v) is 10.3. The number of hydrogen-bond donors (Lipinski definition) is 0. The minimum Gasteiger partial charge on any atom is -0.310 e. The summed E-state index contributed by atoms with van der Waals surface area (Å²) in [6.45, 7) is 0. The molecule has 10 aromatic carbocycles. The lowest BCUT2D eigenvalue weighted by molar-refractivity contribution is 1.19. The van der Waals surface area contributed by atoms with Crippen molar-refractivity contribution in [3.8, 4) is 16.8 Å². The van der Waals surface area contributed by atoms with Crippen LogP contribution in [0.15, 0.2) is 206 Å². The van der Waals surface area contributed by atoms with Gasteiger partial charge in [0.1, 0.15) is 0 Å². The van der Waals surface area contributed by atoms with E-state index in [1.807, 2.05) is 11.3 Å². The van der Waals surface area contributed by atoms with Gasteiger partial charge in [0.05, 0.1) is 16.7 Å². The van der Waals surface area contributed by atoms with Gasteiger partial charge < -0.3 is 9.47 Å². The molecule has 0 aliphatic rings. The highest BCUT2D eigenvalue weighted by Gasteiger charge is 2.24. The molecule has 0 saturated carbocycles. The van der Waals surface area contributed by atoms with E-state index in [4.69, 9.17) is 0 Å². The zero-order valence-corrected chi connectivity index (χ0v) is 31.7. The molecule has 12 rings (SSSR count). The number of nitrogens with zero attached hydrogens (tertiary/aromatic N) is 2. The van der Waals surface area contributed by atoms with Gasteiger partial charge in [-0.1, -0.05) is 140 Å². The van der Waals surface area contributed by atoms with Crippen molar-refractivity contribution in [1.82, 2.24) is 4.57 Å². The molecule has 266 valence electrons. The maximum Gasteiger partial charge on any atom is 0.0640 e. The Labute approximate surface area is 333 Å². The molecule has 2 nitrogen and oxygen atoms in total. The number of anilines is 3. The van der Waals surface area contributed by atoms with Crippen LogP contribution in [0, 0.1) is 0 Å². The molecule has 2 heterocycles. The van der Waals surface area contributed by atoms with Crippen LogP contribution < -0.4 is 4.90 Å². The third-order valence-corrected chi connectivity index (χ3v) is 12.8. The standard InChI is InChI=1S/C54H34N2S/c1-3-17-38(18-4-1)55(40-28-29-46-45-25-13-14-26-51(45)57-52(46)34-40)50-33-36-16-8-10-22-42(36)54-53(50)48-32-37(27-30-49(48)56(54)39-19-5-2-6-20-39)47-31-35-15-7-9-21-41(35)43-23-11-12-24-44(43)47/h1-34H. The van der Waals surface area contributed by atoms with Gasteiger partial charge in [0.25, 0.3) is 0 Å². The van der Waals surface area contributed by atoms with Gasteiger partial charge in [0.2, 0.25) is 0 Å². The van der Waals surface area contributed by atoms with E-state index in [0.717, 1.165) is 22.7 Å². The summed E-state index contributed by atoms with van der Waals surface area (Å²) >= 11 is 1.86. The largest absolute Gasteiger partial charge is 0.310 e. The monoisotopic (exact) mass is 742 g/mol. The average Bonchev–Trinajstić information content (AvgIpc) is 3.83. The molecule has 0 aliphatic heterocycles. The van der Waals surface area contributed by atoms with Crippen LogP contribution in [-0.2, 0) is 0 Å².